The van der Waals surface area contributed by atoms with E-state index in [9.17, 15) is 5.26 Å². The molecule has 0 saturated heterocycles. The van der Waals surface area contributed by atoms with Gasteiger partial charge in [0.15, 0.2) is 0 Å². The Hall–Kier alpha value is -2.34. The highest BCUT2D eigenvalue weighted by molar-refractivity contribution is 5.66. The molecule has 2 aromatic rings. The summed E-state index contributed by atoms with van der Waals surface area (Å²) < 4.78 is 0. The van der Waals surface area contributed by atoms with E-state index in [4.69, 9.17) is 4.98 Å². The number of aryl methyl sites for hydroxylation is 3. The lowest BCUT2D eigenvalue weighted by Gasteiger charge is -2.18. The molecule has 0 fully saturated rings. The molecule has 1 aliphatic carbocycles. The Morgan fingerprint density at radius 1 is 1.24 bits per heavy atom. The molecule has 0 saturated carbocycles. The second-order valence-corrected chi connectivity index (χ2v) is 5.44. The number of rotatable bonds is 3. The maximum atomic E-state index is 9.39. The van der Waals surface area contributed by atoms with Crippen LogP contribution in [0.15, 0.2) is 30.3 Å². The Labute approximate surface area is 125 Å². The third-order valence-corrected chi connectivity index (χ3v) is 4.07. The Kier molecular flexibility index (Phi) is 3.87. The number of hydrogen-bond donors (Lipinski definition) is 1. The predicted octanol–water partition coefficient (Wildman–Crippen LogP) is 4.14. The van der Waals surface area contributed by atoms with Crippen LogP contribution in [-0.4, -0.2) is 4.98 Å². The van der Waals surface area contributed by atoms with Gasteiger partial charge in [-0.1, -0.05) is 25.1 Å². The lowest BCUT2D eigenvalue weighted by molar-refractivity contribution is 0.668. The summed E-state index contributed by atoms with van der Waals surface area (Å²) in [5.41, 5.74) is 5.31. The van der Waals surface area contributed by atoms with Gasteiger partial charge in [0.2, 0.25) is 0 Å². The van der Waals surface area contributed by atoms with Crippen molar-refractivity contribution in [2.24, 2.45) is 0 Å². The molecule has 0 bridgehead atoms. The van der Waals surface area contributed by atoms with E-state index in [0.717, 1.165) is 30.6 Å². The number of nitriles is 1. The van der Waals surface area contributed by atoms with Crippen LogP contribution in [-0.2, 0) is 19.3 Å². The monoisotopic (exact) mass is 277 g/mol. The van der Waals surface area contributed by atoms with Gasteiger partial charge in [-0.15, -0.1) is 0 Å². The molecule has 0 spiro atoms. The molecule has 21 heavy (non-hydrogen) atoms. The summed E-state index contributed by atoms with van der Waals surface area (Å²) in [4.78, 5) is 4.72. The smallest absolute Gasteiger partial charge is 0.148 e. The SMILES string of the molecule is CCc1ccccc1Nc1nc2c(cc1C#N)CCCC2. The zero-order valence-corrected chi connectivity index (χ0v) is 12.3. The van der Waals surface area contributed by atoms with E-state index in [1.807, 2.05) is 24.3 Å². The molecule has 1 aliphatic rings. The van der Waals surface area contributed by atoms with Crippen molar-refractivity contribution in [2.75, 3.05) is 5.32 Å². The first-order valence-electron chi connectivity index (χ1n) is 7.59. The van der Waals surface area contributed by atoms with Crippen molar-refractivity contribution in [1.29, 1.82) is 5.26 Å². The highest BCUT2D eigenvalue weighted by atomic mass is 15.0. The van der Waals surface area contributed by atoms with Crippen molar-refractivity contribution in [3.63, 3.8) is 0 Å². The van der Waals surface area contributed by atoms with Crippen molar-refractivity contribution < 1.29 is 0 Å². The molecule has 0 radical (unpaired) electrons. The van der Waals surface area contributed by atoms with E-state index in [1.54, 1.807) is 0 Å². The first-order chi connectivity index (χ1) is 10.3. The molecule has 3 nitrogen and oxygen atoms in total. The summed E-state index contributed by atoms with van der Waals surface area (Å²) in [6.07, 6.45) is 5.41. The predicted molar refractivity (Wildman–Crippen MR) is 84.7 cm³/mol. The minimum atomic E-state index is 0.640. The molecular weight excluding hydrogens is 258 g/mol. The largest absolute Gasteiger partial charge is 0.339 e. The van der Waals surface area contributed by atoms with Crippen LogP contribution in [0.25, 0.3) is 0 Å². The molecule has 1 heterocycles. The second-order valence-electron chi connectivity index (χ2n) is 5.44. The van der Waals surface area contributed by atoms with E-state index >= 15 is 0 Å². The van der Waals surface area contributed by atoms with Crippen LogP contribution in [0, 0.1) is 11.3 Å². The Bertz CT molecular complexity index is 698. The Morgan fingerprint density at radius 3 is 2.86 bits per heavy atom. The highest BCUT2D eigenvalue weighted by Gasteiger charge is 2.15. The maximum Gasteiger partial charge on any atom is 0.148 e. The van der Waals surface area contributed by atoms with Crippen LogP contribution in [0.5, 0.6) is 0 Å². The van der Waals surface area contributed by atoms with Gasteiger partial charge in [0, 0.05) is 11.4 Å². The van der Waals surface area contributed by atoms with Crippen LogP contribution >= 0.6 is 0 Å². The lowest BCUT2D eigenvalue weighted by Crippen LogP contribution is -2.09. The molecule has 0 aliphatic heterocycles. The number of nitrogens with one attached hydrogen (secondary N) is 1. The fourth-order valence-corrected chi connectivity index (χ4v) is 2.89. The van der Waals surface area contributed by atoms with Gasteiger partial charge in [-0.2, -0.15) is 5.26 Å². The first kappa shape index (κ1) is 13.6. The summed E-state index contributed by atoms with van der Waals surface area (Å²) in [5, 5.41) is 12.8. The van der Waals surface area contributed by atoms with E-state index in [0.29, 0.717) is 11.4 Å². The summed E-state index contributed by atoms with van der Waals surface area (Å²) in [7, 11) is 0. The molecule has 0 atom stereocenters. The number of para-hydroxylation sites is 1. The fraction of sp³-hybridized carbons (Fsp3) is 0.333. The number of nitrogens with zero attached hydrogens (tertiary/aromatic N) is 2. The van der Waals surface area contributed by atoms with Gasteiger partial charge in [-0.05, 0) is 55.4 Å². The standard InChI is InChI=1S/C18H19N3/c1-2-13-7-3-5-9-16(13)20-18-15(12-19)11-14-8-4-6-10-17(14)21-18/h3,5,7,9,11H,2,4,6,8,10H2,1H3,(H,20,21). The third-order valence-electron chi connectivity index (χ3n) is 4.07. The fourth-order valence-electron chi connectivity index (χ4n) is 2.89. The number of benzene rings is 1. The summed E-state index contributed by atoms with van der Waals surface area (Å²) in [6, 6.07) is 12.5. The summed E-state index contributed by atoms with van der Waals surface area (Å²) >= 11 is 0. The minimum absolute atomic E-state index is 0.640. The zero-order valence-electron chi connectivity index (χ0n) is 12.3. The van der Waals surface area contributed by atoms with Crippen LogP contribution < -0.4 is 5.32 Å². The molecular formula is C18H19N3. The molecule has 1 aromatic carbocycles. The molecule has 106 valence electrons. The third kappa shape index (κ3) is 2.75. The second kappa shape index (κ2) is 5.97. The van der Waals surface area contributed by atoms with Gasteiger partial charge in [0.05, 0.1) is 5.56 Å². The van der Waals surface area contributed by atoms with Crippen molar-refractivity contribution in [2.45, 2.75) is 39.0 Å². The van der Waals surface area contributed by atoms with Crippen molar-refractivity contribution >= 4 is 11.5 Å². The van der Waals surface area contributed by atoms with Crippen LogP contribution in [0.1, 0.15) is 42.1 Å². The number of anilines is 2. The van der Waals surface area contributed by atoms with Crippen LogP contribution in [0.3, 0.4) is 0 Å². The molecule has 1 aromatic heterocycles. The number of aromatic nitrogens is 1. The van der Waals surface area contributed by atoms with Crippen LogP contribution in [0.2, 0.25) is 0 Å². The van der Waals surface area contributed by atoms with Gasteiger partial charge in [-0.25, -0.2) is 4.98 Å². The van der Waals surface area contributed by atoms with Gasteiger partial charge < -0.3 is 5.32 Å². The van der Waals surface area contributed by atoms with Crippen molar-refractivity contribution in [1.82, 2.24) is 4.98 Å². The quantitative estimate of drug-likeness (QED) is 0.917. The Balaban J connectivity index is 2.00. The minimum Gasteiger partial charge on any atom is -0.339 e. The average Bonchev–Trinajstić information content (AvgIpc) is 2.54. The van der Waals surface area contributed by atoms with Gasteiger partial charge in [0.25, 0.3) is 0 Å². The number of hydrogen-bond acceptors (Lipinski definition) is 3. The topological polar surface area (TPSA) is 48.7 Å². The van der Waals surface area contributed by atoms with Gasteiger partial charge >= 0.3 is 0 Å². The number of fused-ring (bicyclic) bond motifs is 1. The number of pyridine rings is 1. The maximum absolute atomic E-state index is 9.39. The van der Waals surface area contributed by atoms with Gasteiger partial charge in [0.1, 0.15) is 11.9 Å². The first-order valence-corrected chi connectivity index (χ1v) is 7.59. The molecule has 3 rings (SSSR count). The Morgan fingerprint density at radius 2 is 2.05 bits per heavy atom. The average molecular weight is 277 g/mol. The van der Waals surface area contributed by atoms with E-state index < -0.39 is 0 Å². The lowest BCUT2D eigenvalue weighted by atomic mass is 9.95. The van der Waals surface area contributed by atoms with E-state index in [-0.39, 0.29) is 0 Å². The summed E-state index contributed by atoms with van der Waals surface area (Å²) in [5.74, 6) is 0.694. The van der Waals surface area contributed by atoms with Gasteiger partial charge in [-0.3, -0.25) is 0 Å². The van der Waals surface area contributed by atoms with E-state index in [1.165, 1.54) is 24.0 Å². The highest BCUT2D eigenvalue weighted by Crippen LogP contribution is 2.27. The van der Waals surface area contributed by atoms with Crippen molar-refractivity contribution in [3.05, 3.63) is 52.7 Å². The summed E-state index contributed by atoms with van der Waals surface area (Å²) in [6.45, 7) is 2.13. The molecule has 3 heteroatoms. The normalized spacial score (nSPS) is 13.3. The molecule has 0 amide bonds. The van der Waals surface area contributed by atoms with Crippen molar-refractivity contribution in [3.8, 4) is 6.07 Å². The molecule has 1 N–H and O–H groups in total. The van der Waals surface area contributed by atoms with Crippen LogP contribution in [0.4, 0.5) is 11.5 Å². The zero-order chi connectivity index (χ0) is 14.7. The molecule has 0 unspecified atom stereocenters. The van der Waals surface area contributed by atoms with E-state index in [2.05, 4.69) is 24.4 Å².